The molecule has 5 atom stereocenters. The van der Waals surface area contributed by atoms with Crippen LogP contribution in [0.1, 0.15) is 187 Å². The second-order valence-electron chi connectivity index (χ2n) is 15.6. The molecule has 0 spiro atoms. The molecule has 59 heavy (non-hydrogen) atoms. The number of ether oxygens (including phenoxy) is 2. The Balaban J connectivity index is -0.0000157. The van der Waals surface area contributed by atoms with Crippen molar-refractivity contribution >= 4 is 56.5 Å². The summed E-state index contributed by atoms with van der Waals surface area (Å²) < 4.78 is 34.2. The van der Waals surface area contributed by atoms with Gasteiger partial charge in [0, 0.05) is 12.8 Å². The zero-order chi connectivity index (χ0) is 42.6. The van der Waals surface area contributed by atoms with Gasteiger partial charge in [0.2, 0.25) is 0 Å². The number of carbonyl (C=O) groups excluding carboxylic acids is 2. The van der Waals surface area contributed by atoms with Crippen LogP contribution in [0, 0.1) is 17.8 Å². The van der Waals surface area contributed by atoms with E-state index in [1.807, 2.05) is 0 Å². The topological polar surface area (TPSA) is 235 Å². The fourth-order valence-corrected chi connectivity index (χ4v) is 7.67. The number of hydrogen-bond acceptors (Lipinski definition) is 11. The quantitative estimate of drug-likeness (QED) is 0.0218. The molecule has 0 saturated carbocycles. The highest BCUT2D eigenvalue weighted by Crippen LogP contribution is 2.45. The molecule has 5 unspecified atom stereocenters. The molecule has 352 valence electrons. The Bertz CT molecular complexity index is 1090. The van der Waals surface area contributed by atoms with Crippen LogP contribution in [0.3, 0.4) is 0 Å². The Hall–Kier alpha value is -1.51. The van der Waals surface area contributed by atoms with Crippen LogP contribution in [-0.4, -0.2) is 78.0 Å². The molecule has 14 nitrogen and oxygen atoms in total. The summed E-state index contributed by atoms with van der Waals surface area (Å²) in [5.74, 6) is -6.16. The molecule has 0 fully saturated rings. The molecule has 0 amide bonds. The fraction of sp³-hybridized carbons (Fsp3) is 0.905. The first-order valence-corrected chi connectivity index (χ1v) is 23.7. The Kier molecular flexibility index (Phi) is 43.8. The van der Waals surface area contributed by atoms with Crippen molar-refractivity contribution in [3.8, 4) is 0 Å². The number of carboxylic acid groups (broad SMARTS) is 2. The van der Waals surface area contributed by atoms with Gasteiger partial charge in [-0.1, -0.05) is 142 Å². The maximum atomic E-state index is 13.2. The van der Waals surface area contributed by atoms with Crippen molar-refractivity contribution < 1.29 is 57.4 Å². The number of carboxylic acids is 2. The predicted molar refractivity (Wildman–Crippen MR) is 237 cm³/mol. The van der Waals surface area contributed by atoms with Gasteiger partial charge in [-0.25, -0.2) is 4.57 Å². The summed E-state index contributed by atoms with van der Waals surface area (Å²) >= 11 is 0. The Morgan fingerprint density at radius 1 is 0.559 bits per heavy atom. The summed E-state index contributed by atoms with van der Waals surface area (Å²) in [6.07, 6.45) is 21.8. The molecular weight excluding hydrogens is 826 g/mol. The van der Waals surface area contributed by atoms with E-state index >= 15 is 0 Å². The molecule has 0 aromatic carbocycles. The molecule has 0 rings (SSSR count). The summed E-state index contributed by atoms with van der Waals surface area (Å²) in [6, 6.07) is 0. The number of hydrogen-bond donors (Lipinski definition) is 5. The van der Waals surface area contributed by atoms with E-state index in [0.29, 0.717) is 32.1 Å². The fourth-order valence-electron chi connectivity index (χ4n) is 6.86. The van der Waals surface area contributed by atoms with E-state index in [1.165, 1.54) is 64.2 Å². The van der Waals surface area contributed by atoms with Crippen molar-refractivity contribution in [3.63, 3.8) is 0 Å². The first kappa shape index (κ1) is 61.8. The van der Waals surface area contributed by atoms with Gasteiger partial charge in [0.05, 0.1) is 25.0 Å². The third-order valence-electron chi connectivity index (χ3n) is 10.4. The number of nitrogens with two attached hydrogens (primary N) is 2. The lowest BCUT2D eigenvalue weighted by molar-refractivity contribution is -0.161. The first-order valence-electron chi connectivity index (χ1n) is 22.2. The molecule has 0 saturated heterocycles. The molecule has 0 aliphatic rings. The third kappa shape index (κ3) is 36.8. The van der Waals surface area contributed by atoms with Gasteiger partial charge in [-0.2, -0.15) is 0 Å². The lowest BCUT2D eigenvalue weighted by atomic mass is 9.80. The average Bonchev–Trinajstić information content (AvgIpc) is 3.17. The van der Waals surface area contributed by atoms with Crippen molar-refractivity contribution in [2.75, 3.05) is 32.9 Å². The number of phosphoric ester groups is 1. The standard InChI is InChI=1S/C42H81N2O12P.2ClH/c1-3-5-7-9-11-13-15-17-19-21-25-35(41(47)48)31-36(38(42(49)50)26-22-20-18-16-14-12-10-8-6-4-2)32-54-57(51,52)55-34-37(56-40(46)28-24-30-44)33-53-39(45)27-23-29-43;;/h35-38H,3-34,43-44H2,1-2H3,(H,47,48)(H,49,50)(H,51,52);2*1H. The normalized spacial score (nSPS) is 14.2. The van der Waals surface area contributed by atoms with E-state index in [2.05, 4.69) is 13.8 Å². The summed E-state index contributed by atoms with van der Waals surface area (Å²) in [5, 5.41) is 20.5. The van der Waals surface area contributed by atoms with Crippen LogP contribution in [0.5, 0.6) is 0 Å². The number of aliphatic carboxylic acids is 2. The maximum Gasteiger partial charge on any atom is 0.472 e. The molecule has 0 heterocycles. The number of esters is 2. The van der Waals surface area contributed by atoms with Gasteiger partial charge >= 0.3 is 31.7 Å². The lowest BCUT2D eigenvalue weighted by Crippen LogP contribution is -2.32. The van der Waals surface area contributed by atoms with E-state index < -0.39 is 75.4 Å². The summed E-state index contributed by atoms with van der Waals surface area (Å²) in [7, 11) is -4.88. The third-order valence-corrected chi connectivity index (χ3v) is 11.3. The van der Waals surface area contributed by atoms with E-state index in [9.17, 15) is 38.8 Å². The first-order chi connectivity index (χ1) is 27.4. The predicted octanol–water partition coefficient (Wildman–Crippen LogP) is 9.93. The number of rotatable bonds is 42. The zero-order valence-corrected chi connectivity index (χ0v) is 38.9. The zero-order valence-electron chi connectivity index (χ0n) is 36.4. The molecule has 0 aromatic rings. The van der Waals surface area contributed by atoms with E-state index in [4.69, 9.17) is 30.0 Å². The summed E-state index contributed by atoms with van der Waals surface area (Å²) in [4.78, 5) is 60.2. The SMILES string of the molecule is CCCCCCCCCCCCC(CC(COP(=O)(O)OCC(COC(=O)CCCN)OC(=O)CCCN)C(CCCCCCCCCCCC)C(=O)O)C(=O)O.Cl.Cl. The molecule has 0 radical (unpaired) electrons. The number of unbranched alkanes of at least 4 members (excludes halogenated alkanes) is 18. The number of halogens is 2. The van der Waals surface area contributed by atoms with Crippen LogP contribution >= 0.6 is 32.6 Å². The summed E-state index contributed by atoms with van der Waals surface area (Å²) in [6.45, 7) is 3.27. The average molecular weight is 910 g/mol. The molecule has 0 aromatic heterocycles. The van der Waals surface area contributed by atoms with Crippen molar-refractivity contribution in [1.82, 2.24) is 0 Å². The highest BCUT2D eigenvalue weighted by Gasteiger charge is 2.35. The Labute approximate surface area is 368 Å². The number of phosphoric acid groups is 1. The van der Waals surface area contributed by atoms with Crippen molar-refractivity contribution in [3.05, 3.63) is 0 Å². The van der Waals surface area contributed by atoms with Crippen LogP contribution in [0.4, 0.5) is 0 Å². The van der Waals surface area contributed by atoms with Crippen LogP contribution in [0.15, 0.2) is 0 Å². The molecular formula is C42H83Cl2N2O12P. The second kappa shape index (κ2) is 41.8. The van der Waals surface area contributed by atoms with Gasteiger partial charge in [-0.3, -0.25) is 28.2 Å². The minimum atomic E-state index is -4.88. The van der Waals surface area contributed by atoms with Gasteiger partial charge < -0.3 is 36.0 Å². The highest BCUT2D eigenvalue weighted by molar-refractivity contribution is 7.47. The molecule has 17 heteroatoms. The van der Waals surface area contributed by atoms with Gasteiger partial charge in [0.15, 0.2) is 6.10 Å². The van der Waals surface area contributed by atoms with Crippen LogP contribution in [0.25, 0.3) is 0 Å². The lowest BCUT2D eigenvalue weighted by Gasteiger charge is -2.27. The number of carbonyl (C=O) groups is 4. The van der Waals surface area contributed by atoms with Gasteiger partial charge in [0.1, 0.15) is 6.61 Å². The van der Waals surface area contributed by atoms with Gasteiger partial charge in [-0.05, 0) is 51.1 Å². The van der Waals surface area contributed by atoms with Gasteiger partial charge in [-0.15, -0.1) is 24.8 Å². The van der Waals surface area contributed by atoms with Crippen LogP contribution in [-0.2, 0) is 42.3 Å². The van der Waals surface area contributed by atoms with Crippen molar-refractivity contribution in [2.45, 2.75) is 193 Å². The second-order valence-corrected chi connectivity index (χ2v) is 17.0. The minimum absolute atomic E-state index is 0. The smallest absolute Gasteiger partial charge is 0.472 e. The molecule has 0 aliphatic heterocycles. The largest absolute Gasteiger partial charge is 0.481 e. The molecule has 0 aliphatic carbocycles. The maximum absolute atomic E-state index is 13.2. The van der Waals surface area contributed by atoms with Crippen LogP contribution < -0.4 is 11.5 Å². The summed E-state index contributed by atoms with van der Waals surface area (Å²) in [5.41, 5.74) is 10.9. The monoisotopic (exact) mass is 909 g/mol. The van der Waals surface area contributed by atoms with Crippen LogP contribution in [0.2, 0.25) is 0 Å². The highest BCUT2D eigenvalue weighted by atomic mass is 35.5. The van der Waals surface area contributed by atoms with E-state index in [-0.39, 0.29) is 63.6 Å². The van der Waals surface area contributed by atoms with Crippen molar-refractivity contribution in [1.29, 1.82) is 0 Å². The Morgan fingerprint density at radius 3 is 1.42 bits per heavy atom. The molecule has 7 N–H and O–H groups in total. The van der Waals surface area contributed by atoms with E-state index in [1.54, 1.807) is 0 Å². The Morgan fingerprint density at radius 2 is 0.983 bits per heavy atom. The van der Waals surface area contributed by atoms with Crippen molar-refractivity contribution in [2.24, 2.45) is 29.2 Å². The van der Waals surface area contributed by atoms with E-state index in [0.717, 1.165) is 51.4 Å². The minimum Gasteiger partial charge on any atom is -0.481 e. The molecule has 0 bridgehead atoms. The van der Waals surface area contributed by atoms with Gasteiger partial charge in [0.25, 0.3) is 0 Å².